The molecule has 0 radical (unpaired) electrons. The minimum atomic E-state index is -0.0587. The van der Waals surface area contributed by atoms with E-state index < -0.39 is 0 Å². The van der Waals surface area contributed by atoms with Gasteiger partial charge < -0.3 is 14.7 Å². The quantitative estimate of drug-likeness (QED) is 0.579. The fourth-order valence-electron chi connectivity index (χ4n) is 3.49. The Kier molecular flexibility index (Phi) is 3.74. The van der Waals surface area contributed by atoms with E-state index >= 15 is 0 Å². The van der Waals surface area contributed by atoms with Gasteiger partial charge in [-0.2, -0.15) is 5.10 Å². The molecule has 0 bridgehead atoms. The molecule has 0 atom stereocenters. The predicted octanol–water partition coefficient (Wildman–Crippen LogP) is 3.47. The first-order chi connectivity index (χ1) is 13.3. The standard InChI is InChI=1S/C19H18N6O2/c26-19(25-9-2-1-3-10-25)16-13-7-6-12(11-15(13)27-24-16)21-18-17-14(22-23-18)5-4-8-20-17/h4-8,11H,1-3,9-10H2,(H2,21,22,23). The van der Waals surface area contributed by atoms with Gasteiger partial charge in [-0.15, -0.1) is 0 Å². The molecule has 0 saturated carbocycles. The van der Waals surface area contributed by atoms with Crippen LogP contribution in [0.15, 0.2) is 41.1 Å². The number of aromatic nitrogens is 4. The van der Waals surface area contributed by atoms with Gasteiger partial charge in [-0.25, -0.2) is 0 Å². The molecule has 1 amide bonds. The largest absolute Gasteiger partial charge is 0.355 e. The number of anilines is 2. The molecule has 2 N–H and O–H groups in total. The lowest BCUT2D eigenvalue weighted by atomic mass is 10.1. The van der Waals surface area contributed by atoms with Crippen LogP contribution in [0.25, 0.3) is 22.0 Å². The highest BCUT2D eigenvalue weighted by atomic mass is 16.5. The third-order valence-electron chi connectivity index (χ3n) is 4.90. The maximum absolute atomic E-state index is 12.7. The van der Waals surface area contributed by atoms with Crippen LogP contribution in [0.5, 0.6) is 0 Å². The Morgan fingerprint density at radius 2 is 2.07 bits per heavy atom. The van der Waals surface area contributed by atoms with Crippen LogP contribution in [0, 0.1) is 0 Å². The summed E-state index contributed by atoms with van der Waals surface area (Å²) in [5.74, 6) is 0.575. The molecule has 1 saturated heterocycles. The third kappa shape index (κ3) is 2.79. The number of fused-ring (bicyclic) bond motifs is 2. The van der Waals surface area contributed by atoms with Crippen molar-refractivity contribution in [3.05, 3.63) is 42.2 Å². The van der Waals surface area contributed by atoms with Crippen molar-refractivity contribution in [3.8, 4) is 0 Å². The monoisotopic (exact) mass is 362 g/mol. The molecule has 8 heteroatoms. The molecule has 3 aromatic heterocycles. The van der Waals surface area contributed by atoms with E-state index in [2.05, 4.69) is 25.7 Å². The Morgan fingerprint density at radius 1 is 1.19 bits per heavy atom. The molecule has 27 heavy (non-hydrogen) atoms. The van der Waals surface area contributed by atoms with E-state index in [-0.39, 0.29) is 5.91 Å². The van der Waals surface area contributed by atoms with Gasteiger partial charge >= 0.3 is 0 Å². The lowest BCUT2D eigenvalue weighted by Crippen LogP contribution is -2.35. The van der Waals surface area contributed by atoms with Crippen molar-refractivity contribution >= 4 is 39.4 Å². The molecule has 4 aromatic rings. The van der Waals surface area contributed by atoms with E-state index in [4.69, 9.17) is 4.52 Å². The molecule has 1 aliphatic rings. The van der Waals surface area contributed by atoms with Crippen molar-refractivity contribution in [2.45, 2.75) is 19.3 Å². The number of carbonyl (C=O) groups excluding carboxylic acids is 1. The Balaban J connectivity index is 1.44. The van der Waals surface area contributed by atoms with Crippen LogP contribution in [-0.4, -0.2) is 44.2 Å². The number of hydrogen-bond acceptors (Lipinski definition) is 6. The average Bonchev–Trinajstić information content (AvgIpc) is 3.32. The SMILES string of the molecule is O=C(c1noc2cc(Nc3n[nH]c4cccnc34)ccc12)N1CCCCC1. The van der Waals surface area contributed by atoms with Crippen molar-refractivity contribution in [2.75, 3.05) is 18.4 Å². The maximum atomic E-state index is 12.7. The molecular formula is C19H18N6O2. The summed E-state index contributed by atoms with van der Waals surface area (Å²) in [4.78, 5) is 18.9. The molecule has 0 aliphatic carbocycles. The number of nitrogens with zero attached hydrogens (tertiary/aromatic N) is 4. The Hall–Kier alpha value is -3.42. The first-order valence-electron chi connectivity index (χ1n) is 9.04. The van der Waals surface area contributed by atoms with Gasteiger partial charge in [0.2, 0.25) is 0 Å². The summed E-state index contributed by atoms with van der Waals surface area (Å²) in [6, 6.07) is 9.33. The maximum Gasteiger partial charge on any atom is 0.276 e. The summed E-state index contributed by atoms with van der Waals surface area (Å²) in [7, 11) is 0. The first kappa shape index (κ1) is 15.8. The highest BCUT2D eigenvalue weighted by Gasteiger charge is 2.23. The number of piperidine rings is 1. The van der Waals surface area contributed by atoms with Crippen molar-refractivity contribution in [3.63, 3.8) is 0 Å². The highest BCUT2D eigenvalue weighted by Crippen LogP contribution is 2.27. The number of nitrogens with one attached hydrogen (secondary N) is 2. The summed E-state index contributed by atoms with van der Waals surface area (Å²) in [5, 5.41) is 15.2. The van der Waals surface area contributed by atoms with Crippen LogP contribution in [0.2, 0.25) is 0 Å². The molecule has 0 unspecified atom stereocenters. The van der Waals surface area contributed by atoms with Crippen LogP contribution < -0.4 is 5.32 Å². The van der Waals surface area contributed by atoms with Crippen LogP contribution in [0.1, 0.15) is 29.8 Å². The number of rotatable bonds is 3. The lowest BCUT2D eigenvalue weighted by Gasteiger charge is -2.25. The fourth-order valence-corrected chi connectivity index (χ4v) is 3.49. The summed E-state index contributed by atoms with van der Waals surface area (Å²) in [5.41, 5.74) is 3.35. The molecule has 8 nitrogen and oxygen atoms in total. The van der Waals surface area contributed by atoms with Gasteiger partial charge in [0.25, 0.3) is 5.91 Å². The van der Waals surface area contributed by atoms with Gasteiger partial charge in [0.15, 0.2) is 17.1 Å². The molecule has 1 fully saturated rings. The lowest BCUT2D eigenvalue weighted by molar-refractivity contribution is 0.0716. The van der Waals surface area contributed by atoms with Crippen LogP contribution in [0.4, 0.5) is 11.5 Å². The van der Waals surface area contributed by atoms with Crippen molar-refractivity contribution in [1.29, 1.82) is 0 Å². The minimum Gasteiger partial charge on any atom is -0.355 e. The zero-order valence-electron chi connectivity index (χ0n) is 14.6. The number of hydrogen-bond donors (Lipinski definition) is 2. The summed E-state index contributed by atoms with van der Waals surface area (Å²) < 4.78 is 5.43. The van der Waals surface area contributed by atoms with Crippen molar-refractivity contribution in [2.24, 2.45) is 0 Å². The fraction of sp³-hybridized carbons (Fsp3) is 0.263. The van der Waals surface area contributed by atoms with E-state index in [1.165, 1.54) is 6.42 Å². The van der Waals surface area contributed by atoms with Crippen LogP contribution in [0.3, 0.4) is 0 Å². The Morgan fingerprint density at radius 3 is 2.96 bits per heavy atom. The second-order valence-corrected chi connectivity index (χ2v) is 6.69. The Bertz CT molecular complexity index is 1130. The zero-order valence-corrected chi connectivity index (χ0v) is 14.6. The average molecular weight is 362 g/mol. The van der Waals surface area contributed by atoms with Gasteiger partial charge in [-0.1, -0.05) is 5.16 Å². The number of pyridine rings is 1. The summed E-state index contributed by atoms with van der Waals surface area (Å²) in [6.07, 6.45) is 4.98. The first-order valence-corrected chi connectivity index (χ1v) is 9.04. The van der Waals surface area contributed by atoms with E-state index in [1.54, 1.807) is 6.20 Å². The van der Waals surface area contributed by atoms with Gasteiger partial charge in [0.05, 0.1) is 10.9 Å². The normalized spacial score (nSPS) is 14.7. The second kappa shape index (κ2) is 6.39. The smallest absolute Gasteiger partial charge is 0.276 e. The number of benzene rings is 1. The molecule has 0 spiro atoms. The van der Waals surface area contributed by atoms with Gasteiger partial charge in [0, 0.05) is 31.0 Å². The molecule has 5 rings (SSSR count). The number of likely N-dealkylation sites (tertiary alicyclic amines) is 1. The van der Waals surface area contributed by atoms with E-state index in [9.17, 15) is 4.79 Å². The van der Waals surface area contributed by atoms with Gasteiger partial charge in [-0.3, -0.25) is 14.9 Å². The van der Waals surface area contributed by atoms with Crippen molar-refractivity contribution < 1.29 is 9.32 Å². The van der Waals surface area contributed by atoms with Gasteiger partial charge in [-0.05, 0) is 43.5 Å². The number of amides is 1. The number of aromatic amines is 1. The van der Waals surface area contributed by atoms with Crippen LogP contribution in [-0.2, 0) is 0 Å². The van der Waals surface area contributed by atoms with Crippen LogP contribution >= 0.6 is 0 Å². The second-order valence-electron chi connectivity index (χ2n) is 6.69. The van der Waals surface area contributed by atoms with Gasteiger partial charge in [0.1, 0.15) is 5.52 Å². The van der Waals surface area contributed by atoms with E-state index in [0.29, 0.717) is 17.1 Å². The predicted molar refractivity (Wildman–Crippen MR) is 101 cm³/mol. The minimum absolute atomic E-state index is 0.0587. The molecule has 1 aliphatic heterocycles. The van der Waals surface area contributed by atoms with E-state index in [1.807, 2.05) is 35.2 Å². The molecule has 136 valence electrons. The number of H-pyrrole nitrogens is 1. The summed E-state index contributed by atoms with van der Waals surface area (Å²) in [6.45, 7) is 1.57. The number of carbonyl (C=O) groups is 1. The molecule has 1 aromatic carbocycles. The topological polar surface area (TPSA) is 99.9 Å². The molecule has 4 heterocycles. The van der Waals surface area contributed by atoms with Crippen molar-refractivity contribution in [1.82, 2.24) is 25.2 Å². The third-order valence-corrected chi connectivity index (χ3v) is 4.90. The zero-order chi connectivity index (χ0) is 18.2. The summed E-state index contributed by atoms with van der Waals surface area (Å²) >= 11 is 0. The van der Waals surface area contributed by atoms with E-state index in [0.717, 1.165) is 48.0 Å². The molecular weight excluding hydrogens is 344 g/mol. The highest BCUT2D eigenvalue weighted by molar-refractivity contribution is 6.04. The Labute approximate surface area is 154 Å².